The summed E-state index contributed by atoms with van der Waals surface area (Å²) in [6, 6.07) is -1.27. The fourth-order valence-corrected chi connectivity index (χ4v) is 0.951. The number of hydrogen-bond donors (Lipinski definition) is 3. The van der Waals surface area contributed by atoms with Gasteiger partial charge in [-0.25, -0.2) is 4.79 Å². The first-order valence-corrected chi connectivity index (χ1v) is 5.11. The number of ether oxygens (including phenoxy) is 1. The van der Waals surface area contributed by atoms with Gasteiger partial charge in [0.1, 0.15) is 6.61 Å². The molecule has 0 heterocycles. The van der Waals surface area contributed by atoms with Gasteiger partial charge in [0.05, 0.1) is 19.1 Å². The first-order chi connectivity index (χ1) is 8.20. The predicted molar refractivity (Wildman–Crippen MR) is 55.1 cm³/mol. The Morgan fingerprint density at radius 1 is 1.39 bits per heavy atom. The molecule has 2 amide bonds. The summed E-state index contributed by atoms with van der Waals surface area (Å²) in [7, 11) is 0. The average molecular weight is 272 g/mol. The van der Waals surface area contributed by atoms with Gasteiger partial charge in [0.2, 0.25) is 0 Å². The van der Waals surface area contributed by atoms with Crippen LogP contribution in [0.3, 0.4) is 0 Å². The zero-order valence-electron chi connectivity index (χ0n) is 9.71. The first kappa shape index (κ1) is 16.5. The molecular weight excluding hydrogens is 257 g/mol. The molecule has 0 spiro atoms. The maximum absolute atomic E-state index is 11.7. The standard InChI is InChI=1S/C9H15F3N2O4/c1-6(4-18-5-9(10,11)12)14-8(17)13-3-2-7(15)16/h6H,2-5H2,1H3,(H,15,16)(H2,13,14,17). The van der Waals surface area contributed by atoms with E-state index >= 15 is 0 Å². The minimum Gasteiger partial charge on any atom is -0.481 e. The van der Waals surface area contributed by atoms with Gasteiger partial charge in [-0.15, -0.1) is 0 Å². The smallest absolute Gasteiger partial charge is 0.411 e. The molecule has 0 aliphatic heterocycles. The number of amides is 2. The molecular formula is C9H15F3N2O4. The summed E-state index contributed by atoms with van der Waals surface area (Å²) in [4.78, 5) is 21.2. The Balaban J connectivity index is 3.64. The van der Waals surface area contributed by atoms with Crippen molar-refractivity contribution >= 4 is 12.0 Å². The highest BCUT2D eigenvalue weighted by atomic mass is 19.4. The lowest BCUT2D eigenvalue weighted by molar-refractivity contribution is -0.174. The average Bonchev–Trinajstić information content (AvgIpc) is 2.14. The van der Waals surface area contributed by atoms with Crippen molar-refractivity contribution in [3.63, 3.8) is 0 Å². The molecule has 6 nitrogen and oxygen atoms in total. The number of carboxylic acids is 1. The molecule has 0 aliphatic carbocycles. The van der Waals surface area contributed by atoms with Crippen molar-refractivity contribution < 1.29 is 32.6 Å². The summed E-state index contributed by atoms with van der Waals surface area (Å²) in [5.74, 6) is -1.06. The quantitative estimate of drug-likeness (QED) is 0.637. The van der Waals surface area contributed by atoms with Crippen molar-refractivity contribution in [2.75, 3.05) is 19.8 Å². The largest absolute Gasteiger partial charge is 0.481 e. The summed E-state index contributed by atoms with van der Waals surface area (Å²) in [5.41, 5.74) is 0. The van der Waals surface area contributed by atoms with Crippen LogP contribution < -0.4 is 10.6 Å². The van der Waals surface area contributed by atoms with E-state index in [-0.39, 0.29) is 19.6 Å². The molecule has 106 valence electrons. The molecule has 0 aromatic heterocycles. The second-order valence-corrected chi connectivity index (χ2v) is 3.58. The molecule has 0 radical (unpaired) electrons. The SMILES string of the molecule is CC(COCC(F)(F)F)NC(=O)NCCC(=O)O. The number of halogens is 3. The van der Waals surface area contributed by atoms with E-state index in [0.717, 1.165) is 0 Å². The topological polar surface area (TPSA) is 87.7 Å². The van der Waals surface area contributed by atoms with E-state index in [1.165, 1.54) is 6.92 Å². The zero-order chi connectivity index (χ0) is 14.2. The summed E-state index contributed by atoms with van der Waals surface area (Å²) < 4.78 is 39.5. The number of carboxylic acid groups (broad SMARTS) is 1. The lowest BCUT2D eigenvalue weighted by atomic mass is 10.3. The molecule has 1 atom stereocenters. The molecule has 0 saturated heterocycles. The van der Waals surface area contributed by atoms with E-state index in [4.69, 9.17) is 5.11 Å². The van der Waals surface area contributed by atoms with E-state index in [2.05, 4.69) is 15.4 Å². The van der Waals surface area contributed by atoms with Gasteiger partial charge in [0.15, 0.2) is 0 Å². The van der Waals surface area contributed by atoms with Crippen LogP contribution in [0, 0.1) is 0 Å². The third-order valence-corrected chi connectivity index (χ3v) is 1.64. The third-order valence-electron chi connectivity index (χ3n) is 1.64. The van der Waals surface area contributed by atoms with Gasteiger partial charge in [-0.3, -0.25) is 4.79 Å². The molecule has 0 aromatic rings. The van der Waals surface area contributed by atoms with Crippen LogP contribution in [0.5, 0.6) is 0 Å². The summed E-state index contributed by atoms with van der Waals surface area (Å²) in [6.45, 7) is -0.254. The van der Waals surface area contributed by atoms with Crippen molar-refractivity contribution in [3.8, 4) is 0 Å². The van der Waals surface area contributed by atoms with Crippen LogP contribution in [0.15, 0.2) is 0 Å². The van der Waals surface area contributed by atoms with Gasteiger partial charge < -0.3 is 20.5 Å². The highest BCUT2D eigenvalue weighted by molar-refractivity contribution is 5.75. The molecule has 9 heteroatoms. The van der Waals surface area contributed by atoms with E-state index in [9.17, 15) is 22.8 Å². The predicted octanol–water partition coefficient (Wildman–Crippen LogP) is 0.728. The maximum atomic E-state index is 11.7. The third kappa shape index (κ3) is 11.0. The fraction of sp³-hybridized carbons (Fsp3) is 0.778. The molecule has 18 heavy (non-hydrogen) atoms. The van der Waals surface area contributed by atoms with Gasteiger partial charge in [-0.2, -0.15) is 13.2 Å². The fourth-order valence-electron chi connectivity index (χ4n) is 0.951. The van der Waals surface area contributed by atoms with Gasteiger partial charge in [-0.1, -0.05) is 0 Å². The second-order valence-electron chi connectivity index (χ2n) is 3.58. The highest BCUT2D eigenvalue weighted by Crippen LogP contribution is 2.14. The number of nitrogens with one attached hydrogen (secondary N) is 2. The van der Waals surface area contributed by atoms with Crippen molar-refractivity contribution in [2.24, 2.45) is 0 Å². The number of carbonyl (C=O) groups is 2. The van der Waals surface area contributed by atoms with Gasteiger partial charge in [-0.05, 0) is 6.92 Å². The van der Waals surface area contributed by atoms with Crippen LogP contribution in [0.2, 0.25) is 0 Å². The molecule has 0 saturated carbocycles. The number of urea groups is 1. The second kappa shape index (κ2) is 7.75. The summed E-state index contributed by atoms with van der Waals surface area (Å²) in [6.07, 6.45) is -4.63. The van der Waals surface area contributed by atoms with Crippen LogP contribution in [0.4, 0.5) is 18.0 Å². The van der Waals surface area contributed by atoms with Crippen molar-refractivity contribution in [1.29, 1.82) is 0 Å². The van der Waals surface area contributed by atoms with Crippen molar-refractivity contribution in [2.45, 2.75) is 25.6 Å². The molecule has 0 bridgehead atoms. The van der Waals surface area contributed by atoms with Crippen molar-refractivity contribution in [3.05, 3.63) is 0 Å². The molecule has 0 aromatic carbocycles. The summed E-state index contributed by atoms with van der Waals surface area (Å²) in [5, 5.41) is 12.8. The van der Waals surface area contributed by atoms with Crippen LogP contribution in [0.1, 0.15) is 13.3 Å². The Kier molecular flexibility index (Phi) is 7.10. The Hall–Kier alpha value is -1.51. The lowest BCUT2D eigenvalue weighted by Crippen LogP contribution is -2.43. The normalized spacial score (nSPS) is 12.9. The van der Waals surface area contributed by atoms with E-state index in [1.54, 1.807) is 0 Å². The Bertz CT molecular complexity index is 283. The molecule has 0 aliphatic rings. The summed E-state index contributed by atoms with van der Waals surface area (Å²) >= 11 is 0. The van der Waals surface area contributed by atoms with Crippen LogP contribution >= 0.6 is 0 Å². The van der Waals surface area contributed by atoms with E-state index in [0.29, 0.717) is 0 Å². The molecule has 0 rings (SSSR count). The van der Waals surface area contributed by atoms with Crippen molar-refractivity contribution in [1.82, 2.24) is 10.6 Å². The van der Waals surface area contributed by atoms with Crippen LogP contribution in [-0.4, -0.2) is 49.1 Å². The highest BCUT2D eigenvalue weighted by Gasteiger charge is 2.27. The minimum absolute atomic E-state index is 0.0582. The minimum atomic E-state index is -4.40. The van der Waals surface area contributed by atoms with Gasteiger partial charge in [0.25, 0.3) is 0 Å². The van der Waals surface area contributed by atoms with E-state index < -0.39 is 30.8 Å². The monoisotopic (exact) mass is 272 g/mol. The Morgan fingerprint density at radius 3 is 2.50 bits per heavy atom. The number of rotatable bonds is 7. The zero-order valence-corrected chi connectivity index (χ0v) is 9.71. The van der Waals surface area contributed by atoms with Gasteiger partial charge >= 0.3 is 18.2 Å². The Labute approximate surface area is 101 Å². The molecule has 0 fully saturated rings. The lowest BCUT2D eigenvalue weighted by Gasteiger charge is -2.15. The first-order valence-electron chi connectivity index (χ1n) is 5.11. The number of carbonyl (C=O) groups excluding carboxylic acids is 1. The number of alkyl halides is 3. The number of hydrogen-bond acceptors (Lipinski definition) is 3. The van der Waals surface area contributed by atoms with E-state index in [1.807, 2.05) is 0 Å². The maximum Gasteiger partial charge on any atom is 0.411 e. The molecule has 3 N–H and O–H groups in total. The van der Waals surface area contributed by atoms with Crippen LogP contribution in [-0.2, 0) is 9.53 Å². The molecule has 1 unspecified atom stereocenters. The van der Waals surface area contributed by atoms with Crippen LogP contribution in [0.25, 0.3) is 0 Å². The Morgan fingerprint density at radius 2 is 2.00 bits per heavy atom. The van der Waals surface area contributed by atoms with Gasteiger partial charge in [0, 0.05) is 6.54 Å². The number of aliphatic carboxylic acids is 1.